The topological polar surface area (TPSA) is 148 Å². The predicted octanol–water partition coefficient (Wildman–Crippen LogP) is 15.4. The van der Waals surface area contributed by atoms with E-state index in [0.29, 0.717) is 23.2 Å². The van der Waals surface area contributed by atoms with Crippen molar-refractivity contribution >= 4 is 93.7 Å². The molecule has 0 radical (unpaired) electrons. The molecule has 0 aliphatic rings. The summed E-state index contributed by atoms with van der Waals surface area (Å²) in [7, 11) is 1.59. The minimum Gasteiger partial charge on any atom is -0.497 e. The second-order valence-electron chi connectivity index (χ2n) is 17.7. The lowest BCUT2D eigenvalue weighted by molar-refractivity contribution is -0.111. The molecular weight excluding hydrogens is 1070 g/mol. The van der Waals surface area contributed by atoms with Crippen molar-refractivity contribution < 1.29 is 23.9 Å². The fourth-order valence-corrected chi connectivity index (χ4v) is 8.96. The summed E-state index contributed by atoms with van der Waals surface area (Å²) in [5, 5.41) is 5.09. The summed E-state index contributed by atoms with van der Waals surface area (Å²) < 4.78 is 6.07. The Bertz CT molecular complexity index is 3480. The number of nitrogens with one attached hydrogen (secondary N) is 2. The highest BCUT2D eigenvalue weighted by Gasteiger charge is 2.13. The van der Waals surface area contributed by atoms with Crippen molar-refractivity contribution in [2.75, 3.05) is 7.11 Å². The summed E-state index contributed by atoms with van der Waals surface area (Å²) >= 11 is 3.00. The van der Waals surface area contributed by atoms with E-state index in [4.69, 9.17) is 4.74 Å². The Balaban J connectivity index is 0.000000163. The van der Waals surface area contributed by atoms with Gasteiger partial charge in [0.15, 0.2) is 27.5 Å². The standard InChI is InChI=1S/C20H16N4O3S2.3C17H14O/c1-27-13-4-2-3-12(9-13)11-22-19(26)17-23-16-6-5-14(10-15(16)18(25)24-17)29-20-21-7-8-28-20;3*18-17(13-11-15-7-3-1-4-8-15)14-12-16-9-5-2-6-10-16/h2-10H,11H2,1H3,(H,22,26)(H,23,24,25);3*1-14H. The number of ether oxygens (including phenoxy) is 1. The highest BCUT2D eigenvalue weighted by Crippen LogP contribution is 2.30. The molecule has 10 rings (SSSR count). The van der Waals surface area contributed by atoms with Gasteiger partial charge in [-0.25, -0.2) is 9.97 Å². The van der Waals surface area contributed by atoms with Crippen LogP contribution in [0.3, 0.4) is 0 Å². The number of hydrogen-bond acceptors (Lipinski definition) is 10. The molecule has 83 heavy (non-hydrogen) atoms. The van der Waals surface area contributed by atoms with E-state index in [9.17, 15) is 24.0 Å². The summed E-state index contributed by atoms with van der Waals surface area (Å²) in [4.78, 5) is 71.8. The van der Waals surface area contributed by atoms with Gasteiger partial charge in [0, 0.05) is 23.0 Å². The molecule has 0 aliphatic heterocycles. The zero-order valence-electron chi connectivity index (χ0n) is 45.3. The SMILES string of the molecule is COc1cccc(CNC(=O)c2nc3ccc(Sc4nccs4)cc3c(=O)[nH]2)c1.O=C(C=Cc1ccccc1)C=Cc1ccccc1.O=C(C=Cc1ccccc1)C=Cc1ccccc1.O=C(C=Cc1ccccc1)C=Cc1ccccc1. The van der Waals surface area contributed by atoms with Crippen LogP contribution in [-0.2, 0) is 20.9 Å². The quantitative estimate of drug-likeness (QED) is 0.0801. The Morgan fingerprint density at radius 2 is 0.904 bits per heavy atom. The Morgan fingerprint density at radius 3 is 1.27 bits per heavy atom. The molecule has 10 aromatic rings. The molecule has 0 spiro atoms. The van der Waals surface area contributed by atoms with Gasteiger partial charge in [0.25, 0.3) is 11.5 Å². The van der Waals surface area contributed by atoms with Crippen molar-refractivity contribution in [1.82, 2.24) is 20.3 Å². The third kappa shape index (κ3) is 22.3. The number of H-pyrrole nitrogens is 1. The van der Waals surface area contributed by atoms with Crippen LogP contribution in [-0.4, -0.2) is 45.3 Å². The van der Waals surface area contributed by atoms with Crippen molar-refractivity contribution in [3.63, 3.8) is 0 Å². The van der Waals surface area contributed by atoms with Crippen molar-refractivity contribution in [3.05, 3.63) is 328 Å². The zero-order chi connectivity index (χ0) is 58.1. The highest BCUT2D eigenvalue weighted by atomic mass is 32.2. The van der Waals surface area contributed by atoms with Crippen LogP contribution in [0.5, 0.6) is 5.75 Å². The average molecular weight is 1130 g/mol. The van der Waals surface area contributed by atoms with E-state index in [-0.39, 0.29) is 28.7 Å². The second kappa shape index (κ2) is 33.9. The molecule has 2 N–H and O–H groups in total. The van der Waals surface area contributed by atoms with Crippen LogP contribution in [0, 0.1) is 0 Å². The smallest absolute Gasteiger partial charge is 0.287 e. The number of ketones is 3. The van der Waals surface area contributed by atoms with Gasteiger partial charge in [-0.2, -0.15) is 0 Å². The Labute approximate surface area is 491 Å². The third-order valence-corrected chi connectivity index (χ3v) is 13.4. The van der Waals surface area contributed by atoms with E-state index >= 15 is 0 Å². The third-order valence-electron chi connectivity index (χ3n) is 11.5. The number of fused-ring (bicyclic) bond motifs is 1. The van der Waals surface area contributed by atoms with E-state index in [0.717, 1.165) is 48.2 Å². The average Bonchev–Trinajstić information content (AvgIpc) is 4.21. The number of thiazole rings is 1. The van der Waals surface area contributed by atoms with E-state index in [2.05, 4.69) is 20.3 Å². The molecule has 0 fully saturated rings. The first-order valence-corrected chi connectivity index (χ1v) is 27.9. The number of rotatable bonds is 18. The highest BCUT2D eigenvalue weighted by molar-refractivity contribution is 8.01. The molecule has 8 aromatic carbocycles. The van der Waals surface area contributed by atoms with Crippen LogP contribution in [0.25, 0.3) is 47.4 Å². The Hall–Kier alpha value is -10.4. The lowest BCUT2D eigenvalue weighted by Gasteiger charge is -2.07. The molecule has 0 bridgehead atoms. The van der Waals surface area contributed by atoms with Crippen LogP contribution in [0.15, 0.2) is 287 Å². The van der Waals surface area contributed by atoms with Crippen LogP contribution >= 0.6 is 23.1 Å². The van der Waals surface area contributed by atoms with E-state index < -0.39 is 5.91 Å². The van der Waals surface area contributed by atoms with Crippen LogP contribution in [0.2, 0.25) is 0 Å². The number of methoxy groups -OCH3 is 1. The van der Waals surface area contributed by atoms with Crippen molar-refractivity contribution in [2.45, 2.75) is 15.8 Å². The first kappa shape index (κ1) is 60.2. The fourth-order valence-electron chi connectivity index (χ4n) is 7.32. The van der Waals surface area contributed by atoms with E-state index in [1.165, 1.54) is 23.1 Å². The number of carbonyl (C=O) groups is 4. The molecule has 2 heterocycles. The lowest BCUT2D eigenvalue weighted by Crippen LogP contribution is -2.27. The molecule has 10 nitrogen and oxygen atoms in total. The molecular formula is C71H58N4O6S2. The molecule has 0 saturated heterocycles. The van der Waals surface area contributed by atoms with Gasteiger partial charge in [-0.15, -0.1) is 11.3 Å². The molecule has 0 unspecified atom stereocenters. The number of hydrogen-bond donors (Lipinski definition) is 2. The second-order valence-corrected chi connectivity index (χ2v) is 19.9. The minimum absolute atomic E-state index is 0.0114. The fraction of sp³-hybridized carbons (Fsp3) is 0.0282. The van der Waals surface area contributed by atoms with Gasteiger partial charge < -0.3 is 15.0 Å². The molecule has 1 amide bonds. The maximum Gasteiger partial charge on any atom is 0.287 e. The Morgan fingerprint density at radius 1 is 0.506 bits per heavy atom. The van der Waals surface area contributed by atoms with E-state index in [1.807, 2.05) is 254 Å². The van der Waals surface area contributed by atoms with Gasteiger partial charge >= 0.3 is 0 Å². The predicted molar refractivity (Wildman–Crippen MR) is 341 cm³/mol. The molecule has 2 aromatic heterocycles. The number of aromatic amines is 1. The number of aromatic nitrogens is 3. The van der Waals surface area contributed by atoms with Crippen LogP contribution in [0.4, 0.5) is 0 Å². The van der Waals surface area contributed by atoms with Gasteiger partial charge in [-0.1, -0.05) is 242 Å². The van der Waals surface area contributed by atoms with Gasteiger partial charge in [0.2, 0.25) is 0 Å². The maximum atomic E-state index is 12.5. The van der Waals surface area contributed by atoms with Crippen LogP contribution < -0.4 is 15.6 Å². The maximum absolute atomic E-state index is 12.5. The van der Waals surface area contributed by atoms with Crippen molar-refractivity contribution in [3.8, 4) is 5.75 Å². The first-order valence-electron chi connectivity index (χ1n) is 26.2. The zero-order valence-corrected chi connectivity index (χ0v) is 46.9. The van der Waals surface area contributed by atoms with Crippen LogP contribution in [0.1, 0.15) is 49.6 Å². The number of carbonyl (C=O) groups excluding carboxylic acids is 4. The summed E-state index contributed by atoms with van der Waals surface area (Å²) in [6.07, 6.45) is 22.1. The van der Waals surface area contributed by atoms with E-state index in [1.54, 1.807) is 61.9 Å². The van der Waals surface area contributed by atoms with Gasteiger partial charge in [0.05, 0.1) is 18.0 Å². The molecule has 410 valence electrons. The summed E-state index contributed by atoms with van der Waals surface area (Å²) in [6, 6.07) is 71.4. The summed E-state index contributed by atoms with van der Waals surface area (Å²) in [6.45, 7) is 0.293. The number of amides is 1. The lowest BCUT2D eigenvalue weighted by atomic mass is 10.1. The molecule has 12 heteroatoms. The monoisotopic (exact) mass is 1130 g/mol. The summed E-state index contributed by atoms with van der Waals surface area (Å²) in [5.74, 6) is 0.201. The number of benzene rings is 8. The molecule has 0 aliphatic carbocycles. The molecule has 0 saturated carbocycles. The summed E-state index contributed by atoms with van der Waals surface area (Å²) in [5.41, 5.74) is 7.14. The van der Waals surface area contributed by atoms with Gasteiger partial charge in [-0.3, -0.25) is 24.0 Å². The minimum atomic E-state index is -0.451. The normalized spacial score (nSPS) is 11.0. The Kier molecular flexibility index (Phi) is 24.6. The number of allylic oxidation sites excluding steroid dienone is 6. The van der Waals surface area contributed by atoms with Crippen molar-refractivity contribution in [1.29, 1.82) is 0 Å². The first-order chi connectivity index (χ1) is 40.6. The molecule has 0 atom stereocenters. The number of nitrogens with zero attached hydrogens (tertiary/aromatic N) is 2. The van der Waals surface area contributed by atoms with Gasteiger partial charge in [-0.05, 0) is 106 Å². The largest absolute Gasteiger partial charge is 0.497 e. The van der Waals surface area contributed by atoms with Gasteiger partial charge in [0.1, 0.15) is 5.75 Å². The van der Waals surface area contributed by atoms with Crippen molar-refractivity contribution in [2.24, 2.45) is 0 Å².